The van der Waals surface area contributed by atoms with Gasteiger partial charge in [-0.1, -0.05) is 19.8 Å². The van der Waals surface area contributed by atoms with Crippen LogP contribution in [-0.4, -0.2) is 41.1 Å². The highest BCUT2D eigenvalue weighted by molar-refractivity contribution is 5.76. The number of hydrogen-bond donors (Lipinski definition) is 2. The molecule has 2 heterocycles. The Hall–Kier alpha value is -1.40. The van der Waals surface area contributed by atoms with Gasteiger partial charge in [0.25, 0.3) is 0 Å². The van der Waals surface area contributed by atoms with Crippen molar-refractivity contribution in [1.82, 2.24) is 15.5 Å². The number of aromatic amines is 1. The highest BCUT2D eigenvalue weighted by Crippen LogP contribution is 2.36. The number of nitrogens with one attached hydrogen (secondary N) is 2. The second-order valence-electron chi connectivity index (χ2n) is 7.63. The van der Waals surface area contributed by atoms with Crippen molar-refractivity contribution in [3.05, 3.63) is 17.0 Å². The standard InChI is InChI=1S/C19H31N3O3/c1-13(18-14(2)21-22-15(18)3)10-17(23)20-11-16-12-24-19(25-16)8-6-4-5-7-9-19/h13,16H,4-12H2,1-3H3,(H,20,23)(H,21,22)/t13-,16+/m0/s1. The van der Waals surface area contributed by atoms with Crippen LogP contribution in [0.1, 0.15) is 74.7 Å². The minimum atomic E-state index is -0.385. The first-order valence-corrected chi connectivity index (χ1v) is 9.59. The molecule has 140 valence electrons. The lowest BCUT2D eigenvalue weighted by atomic mass is 9.95. The Morgan fingerprint density at radius 2 is 2.04 bits per heavy atom. The first-order valence-electron chi connectivity index (χ1n) is 9.59. The molecule has 0 bridgehead atoms. The Morgan fingerprint density at radius 1 is 1.32 bits per heavy atom. The van der Waals surface area contributed by atoms with E-state index in [0.29, 0.717) is 19.6 Å². The van der Waals surface area contributed by atoms with E-state index < -0.39 is 0 Å². The van der Waals surface area contributed by atoms with Gasteiger partial charge in [-0.2, -0.15) is 5.10 Å². The first-order chi connectivity index (χ1) is 12.0. The van der Waals surface area contributed by atoms with Crippen molar-refractivity contribution in [2.24, 2.45) is 0 Å². The molecule has 1 saturated carbocycles. The Morgan fingerprint density at radius 3 is 2.68 bits per heavy atom. The number of aryl methyl sites for hydroxylation is 2. The molecule has 3 rings (SSSR count). The predicted molar refractivity (Wildman–Crippen MR) is 95.4 cm³/mol. The van der Waals surface area contributed by atoms with Gasteiger partial charge in [-0.25, -0.2) is 0 Å². The molecule has 2 aliphatic rings. The molecule has 1 aliphatic carbocycles. The SMILES string of the molecule is Cc1n[nH]c(C)c1[C@@H](C)CC(=O)NC[C@@H]1COC2(CCCCCC2)O1. The fourth-order valence-electron chi connectivity index (χ4n) is 4.21. The first kappa shape index (κ1) is 18.4. The predicted octanol–water partition coefficient (Wildman–Crippen LogP) is 3.10. The van der Waals surface area contributed by atoms with Gasteiger partial charge in [0.1, 0.15) is 6.10 Å². The van der Waals surface area contributed by atoms with E-state index in [2.05, 4.69) is 22.4 Å². The van der Waals surface area contributed by atoms with Crippen LogP contribution >= 0.6 is 0 Å². The molecule has 2 fully saturated rings. The van der Waals surface area contributed by atoms with E-state index in [1.165, 1.54) is 25.7 Å². The van der Waals surface area contributed by atoms with E-state index in [-0.39, 0.29) is 23.7 Å². The molecule has 25 heavy (non-hydrogen) atoms. The Balaban J connectivity index is 1.45. The van der Waals surface area contributed by atoms with Crippen LogP contribution in [-0.2, 0) is 14.3 Å². The number of H-pyrrole nitrogens is 1. The van der Waals surface area contributed by atoms with Crippen LogP contribution in [0.15, 0.2) is 0 Å². The fraction of sp³-hybridized carbons (Fsp3) is 0.789. The summed E-state index contributed by atoms with van der Waals surface area (Å²) in [5.41, 5.74) is 3.16. The molecule has 2 N–H and O–H groups in total. The van der Waals surface area contributed by atoms with Crippen molar-refractivity contribution in [3.63, 3.8) is 0 Å². The molecule has 2 atom stereocenters. The van der Waals surface area contributed by atoms with Gasteiger partial charge >= 0.3 is 0 Å². The molecule has 1 aromatic rings. The van der Waals surface area contributed by atoms with Gasteiger partial charge in [0.2, 0.25) is 5.91 Å². The zero-order valence-electron chi connectivity index (χ0n) is 15.7. The van der Waals surface area contributed by atoms with Gasteiger partial charge in [-0.3, -0.25) is 9.89 Å². The summed E-state index contributed by atoms with van der Waals surface area (Å²) < 4.78 is 12.2. The van der Waals surface area contributed by atoms with E-state index in [1.54, 1.807) is 0 Å². The highest BCUT2D eigenvalue weighted by Gasteiger charge is 2.41. The van der Waals surface area contributed by atoms with Crippen LogP contribution < -0.4 is 5.32 Å². The van der Waals surface area contributed by atoms with E-state index in [4.69, 9.17) is 9.47 Å². The molecule has 6 nitrogen and oxygen atoms in total. The zero-order valence-corrected chi connectivity index (χ0v) is 15.7. The summed E-state index contributed by atoms with van der Waals surface area (Å²) in [6.07, 6.45) is 7.25. The van der Waals surface area contributed by atoms with Gasteiger partial charge in [0.05, 0.1) is 12.3 Å². The van der Waals surface area contributed by atoms with Crippen molar-refractivity contribution in [3.8, 4) is 0 Å². The molecule has 6 heteroatoms. The summed E-state index contributed by atoms with van der Waals surface area (Å²) in [6.45, 7) is 7.15. The number of carbonyl (C=O) groups is 1. The number of carbonyl (C=O) groups excluding carboxylic acids is 1. The highest BCUT2D eigenvalue weighted by atomic mass is 16.7. The molecule has 1 aromatic heterocycles. The van der Waals surface area contributed by atoms with Gasteiger partial charge in [-0.15, -0.1) is 0 Å². The van der Waals surface area contributed by atoms with Gasteiger partial charge in [-0.05, 0) is 38.2 Å². The van der Waals surface area contributed by atoms with Crippen molar-refractivity contribution in [2.45, 2.75) is 83.5 Å². The van der Waals surface area contributed by atoms with Crippen LogP contribution in [0.2, 0.25) is 0 Å². The van der Waals surface area contributed by atoms with E-state index in [0.717, 1.165) is 29.8 Å². The van der Waals surface area contributed by atoms with Crippen molar-refractivity contribution in [2.75, 3.05) is 13.2 Å². The number of nitrogens with zero attached hydrogens (tertiary/aromatic N) is 1. The largest absolute Gasteiger partial charge is 0.353 e. The number of aromatic nitrogens is 2. The van der Waals surface area contributed by atoms with Crippen LogP contribution in [0.3, 0.4) is 0 Å². The summed E-state index contributed by atoms with van der Waals surface area (Å²) in [5.74, 6) is -0.185. The summed E-state index contributed by atoms with van der Waals surface area (Å²) >= 11 is 0. The van der Waals surface area contributed by atoms with Gasteiger partial charge in [0, 0.05) is 31.5 Å². The van der Waals surface area contributed by atoms with Crippen molar-refractivity contribution >= 4 is 5.91 Å². The average Bonchev–Trinajstić information content (AvgIpc) is 3.03. The molecular weight excluding hydrogens is 318 g/mol. The summed E-state index contributed by atoms with van der Waals surface area (Å²) in [7, 11) is 0. The topological polar surface area (TPSA) is 76.2 Å². The van der Waals surface area contributed by atoms with Crippen LogP contribution in [0.25, 0.3) is 0 Å². The Kier molecular flexibility index (Phi) is 5.79. The minimum Gasteiger partial charge on any atom is -0.353 e. The summed E-state index contributed by atoms with van der Waals surface area (Å²) in [4.78, 5) is 12.3. The van der Waals surface area contributed by atoms with Gasteiger partial charge in [0.15, 0.2) is 5.79 Å². The minimum absolute atomic E-state index is 0.0326. The average molecular weight is 349 g/mol. The third-order valence-electron chi connectivity index (χ3n) is 5.48. The van der Waals surface area contributed by atoms with Gasteiger partial charge < -0.3 is 14.8 Å². The van der Waals surface area contributed by atoms with Crippen molar-refractivity contribution < 1.29 is 14.3 Å². The monoisotopic (exact) mass is 349 g/mol. The second-order valence-corrected chi connectivity index (χ2v) is 7.63. The molecule has 1 saturated heterocycles. The molecule has 1 spiro atoms. The lowest BCUT2D eigenvalue weighted by molar-refractivity contribution is -0.175. The lowest BCUT2D eigenvalue weighted by Gasteiger charge is -2.26. The molecule has 0 aromatic carbocycles. The normalized spacial score (nSPS) is 24.2. The molecule has 1 amide bonds. The molecule has 0 unspecified atom stereocenters. The van der Waals surface area contributed by atoms with Crippen LogP contribution in [0.4, 0.5) is 0 Å². The maximum atomic E-state index is 12.3. The quantitative estimate of drug-likeness (QED) is 0.856. The number of ether oxygens (including phenoxy) is 2. The van der Waals surface area contributed by atoms with Crippen molar-refractivity contribution in [1.29, 1.82) is 0 Å². The maximum absolute atomic E-state index is 12.3. The number of hydrogen-bond acceptors (Lipinski definition) is 4. The third-order valence-corrected chi connectivity index (χ3v) is 5.48. The Bertz CT molecular complexity index is 571. The fourth-order valence-corrected chi connectivity index (χ4v) is 4.21. The summed E-state index contributed by atoms with van der Waals surface area (Å²) in [5, 5.41) is 10.2. The zero-order chi connectivity index (χ0) is 17.9. The molecule has 0 radical (unpaired) electrons. The van der Waals surface area contributed by atoms with E-state index in [9.17, 15) is 4.79 Å². The van der Waals surface area contributed by atoms with Crippen LogP contribution in [0.5, 0.6) is 0 Å². The molecular formula is C19H31N3O3. The van der Waals surface area contributed by atoms with Crippen LogP contribution in [0, 0.1) is 13.8 Å². The number of amides is 1. The lowest BCUT2D eigenvalue weighted by Crippen LogP contribution is -2.36. The molecule has 1 aliphatic heterocycles. The second kappa shape index (κ2) is 7.87. The summed E-state index contributed by atoms with van der Waals surface area (Å²) in [6, 6.07) is 0. The number of rotatable bonds is 5. The van der Waals surface area contributed by atoms with E-state index in [1.807, 2.05) is 13.8 Å². The smallest absolute Gasteiger partial charge is 0.220 e. The Labute approximate surface area is 150 Å². The maximum Gasteiger partial charge on any atom is 0.220 e. The third kappa shape index (κ3) is 4.42. The van der Waals surface area contributed by atoms with E-state index >= 15 is 0 Å².